The maximum Gasteiger partial charge on any atom is 0.346 e. The van der Waals surface area contributed by atoms with Crippen LogP contribution in [-0.2, 0) is 9.47 Å². The lowest BCUT2D eigenvalue weighted by molar-refractivity contribution is -0.384. The number of hydrogen-bond acceptors (Lipinski definition) is 8. The summed E-state index contributed by atoms with van der Waals surface area (Å²) in [6.45, 7) is 2.79. The summed E-state index contributed by atoms with van der Waals surface area (Å²) < 4.78 is 14.7. The van der Waals surface area contributed by atoms with E-state index in [-0.39, 0.29) is 24.5 Å². The molecule has 10 nitrogen and oxygen atoms in total. The number of aromatic amines is 1. The highest BCUT2D eigenvalue weighted by Gasteiger charge is 2.36. The van der Waals surface area contributed by atoms with Crippen LogP contribution >= 0.6 is 0 Å². The topological polar surface area (TPSA) is 138 Å². The molecule has 0 unspecified atom stereocenters. The van der Waals surface area contributed by atoms with E-state index in [9.17, 15) is 24.5 Å². The number of methoxy groups -OCH3 is 1. The van der Waals surface area contributed by atoms with Crippen LogP contribution in [0.1, 0.15) is 34.6 Å². The molecule has 0 saturated heterocycles. The Kier molecular flexibility index (Phi) is 6.48. The van der Waals surface area contributed by atoms with Gasteiger partial charge in [-0.15, -0.1) is 0 Å². The summed E-state index contributed by atoms with van der Waals surface area (Å²) in [4.78, 5) is 50.4. The Hall–Kier alpha value is -3.69. The van der Waals surface area contributed by atoms with Crippen molar-refractivity contribution in [2.24, 2.45) is 0 Å². The molecular weight excluding hydrogens is 372 g/mol. The van der Waals surface area contributed by atoms with Crippen molar-refractivity contribution < 1.29 is 28.7 Å². The Bertz CT molecular complexity index is 963. The van der Waals surface area contributed by atoms with Crippen LogP contribution in [0, 0.1) is 10.1 Å². The Morgan fingerprint density at radius 3 is 2.04 bits per heavy atom. The van der Waals surface area contributed by atoms with Gasteiger partial charge < -0.3 is 19.2 Å². The van der Waals surface area contributed by atoms with Crippen LogP contribution in [-0.4, -0.2) is 42.2 Å². The number of carbonyl (C=O) groups excluding carboxylic acids is 2. The number of nitrogens with zero attached hydrogens (tertiary/aromatic N) is 1. The molecule has 0 fully saturated rings. The fourth-order valence-corrected chi connectivity index (χ4v) is 2.54. The van der Waals surface area contributed by atoms with Gasteiger partial charge in [-0.25, -0.2) is 9.59 Å². The number of benzene rings is 1. The van der Waals surface area contributed by atoms with Gasteiger partial charge in [0.25, 0.3) is 5.56 Å². The number of nitro groups is 1. The molecule has 10 heteroatoms. The summed E-state index contributed by atoms with van der Waals surface area (Å²) in [6, 6.07) is 5.99. The van der Waals surface area contributed by atoms with Crippen molar-refractivity contribution >= 4 is 17.6 Å². The Balaban J connectivity index is 2.87. The molecule has 0 spiro atoms. The van der Waals surface area contributed by atoms with E-state index in [1.54, 1.807) is 0 Å². The molecule has 0 saturated carbocycles. The molecular formula is C18H18N2O8. The van der Waals surface area contributed by atoms with Gasteiger partial charge in [0.15, 0.2) is 5.56 Å². The highest BCUT2D eigenvalue weighted by Crippen LogP contribution is 2.33. The van der Waals surface area contributed by atoms with Gasteiger partial charge in [0.2, 0.25) is 0 Å². The second kappa shape index (κ2) is 8.80. The minimum atomic E-state index is -1.17. The molecule has 0 radical (unpaired) electrons. The molecule has 0 aliphatic rings. The number of ether oxygens (including phenoxy) is 3. The zero-order chi connectivity index (χ0) is 20.8. The smallest absolute Gasteiger partial charge is 0.346 e. The van der Waals surface area contributed by atoms with Crippen molar-refractivity contribution in [3.05, 3.63) is 55.9 Å². The van der Waals surface area contributed by atoms with Crippen LogP contribution in [0.15, 0.2) is 29.1 Å². The molecule has 1 N–H and O–H groups in total. The predicted octanol–water partition coefficient (Wildman–Crippen LogP) is 2.31. The van der Waals surface area contributed by atoms with Gasteiger partial charge in [-0.05, 0) is 38.1 Å². The third-order valence-corrected chi connectivity index (χ3v) is 3.71. The minimum absolute atomic E-state index is 0.0887. The van der Waals surface area contributed by atoms with Crippen LogP contribution in [0.5, 0.6) is 5.75 Å². The molecule has 1 heterocycles. The lowest BCUT2D eigenvalue weighted by atomic mass is 10.0. The van der Waals surface area contributed by atoms with E-state index in [0.717, 1.165) is 0 Å². The van der Waals surface area contributed by atoms with Crippen LogP contribution in [0.3, 0.4) is 0 Å². The van der Waals surface area contributed by atoms with Gasteiger partial charge in [-0.1, -0.05) is 0 Å². The maximum atomic E-state index is 12.5. The van der Waals surface area contributed by atoms with E-state index in [2.05, 4.69) is 4.98 Å². The van der Waals surface area contributed by atoms with E-state index in [1.807, 2.05) is 0 Å². The lowest BCUT2D eigenvalue weighted by Crippen LogP contribution is -2.27. The summed E-state index contributed by atoms with van der Waals surface area (Å²) >= 11 is 0. The van der Waals surface area contributed by atoms with Crippen LogP contribution in [0.2, 0.25) is 0 Å². The maximum absolute atomic E-state index is 12.5. The number of nitrogens with one attached hydrogen (secondary N) is 1. The average Bonchev–Trinajstić information content (AvgIpc) is 2.67. The van der Waals surface area contributed by atoms with Gasteiger partial charge in [0.05, 0.1) is 25.2 Å². The van der Waals surface area contributed by atoms with Gasteiger partial charge in [0.1, 0.15) is 17.0 Å². The zero-order valence-electron chi connectivity index (χ0n) is 15.4. The van der Waals surface area contributed by atoms with Crippen molar-refractivity contribution in [1.29, 1.82) is 0 Å². The summed E-state index contributed by atoms with van der Waals surface area (Å²) in [5, 5.41) is 11.8. The van der Waals surface area contributed by atoms with Crippen molar-refractivity contribution in [2.45, 2.75) is 13.8 Å². The molecule has 0 atom stereocenters. The molecule has 28 heavy (non-hydrogen) atoms. The lowest BCUT2D eigenvalue weighted by Gasteiger charge is -2.12. The van der Waals surface area contributed by atoms with Crippen molar-refractivity contribution in [2.75, 3.05) is 20.3 Å². The monoisotopic (exact) mass is 390 g/mol. The Morgan fingerprint density at radius 1 is 1.04 bits per heavy atom. The van der Waals surface area contributed by atoms with Crippen LogP contribution in [0.25, 0.3) is 11.3 Å². The number of esters is 2. The standard InChI is InChI=1S/C18H18N2O8/c1-4-27-17(22)12-13(18(23)28-5-2)16(21)19-14(15(12)20(24)25)10-6-8-11(26-3)9-7-10/h6-9H,4-5H2,1-3H3,(H,19,21). The zero-order valence-corrected chi connectivity index (χ0v) is 15.4. The summed E-state index contributed by atoms with van der Waals surface area (Å²) in [6.07, 6.45) is 0. The summed E-state index contributed by atoms with van der Waals surface area (Å²) in [5.74, 6) is -1.84. The predicted molar refractivity (Wildman–Crippen MR) is 97.6 cm³/mol. The molecule has 0 aliphatic carbocycles. The van der Waals surface area contributed by atoms with Gasteiger partial charge in [0, 0.05) is 5.56 Å². The largest absolute Gasteiger partial charge is 0.497 e. The SMILES string of the molecule is CCOC(=O)c1c([N+](=O)[O-])c(-c2ccc(OC)cc2)[nH]c(=O)c1C(=O)OCC. The highest BCUT2D eigenvalue weighted by molar-refractivity contribution is 6.07. The molecule has 148 valence electrons. The molecule has 0 aliphatic heterocycles. The fourth-order valence-electron chi connectivity index (χ4n) is 2.54. The first-order valence-electron chi connectivity index (χ1n) is 8.28. The number of rotatable bonds is 7. The second-order valence-corrected chi connectivity index (χ2v) is 5.35. The highest BCUT2D eigenvalue weighted by atomic mass is 16.6. The third kappa shape index (κ3) is 4.00. The third-order valence-electron chi connectivity index (χ3n) is 3.71. The molecule has 2 aromatic rings. The quantitative estimate of drug-likeness (QED) is 0.432. The average molecular weight is 390 g/mol. The van der Waals surface area contributed by atoms with Crippen molar-refractivity contribution in [3.63, 3.8) is 0 Å². The van der Waals surface area contributed by atoms with E-state index in [0.29, 0.717) is 5.75 Å². The van der Waals surface area contributed by atoms with Gasteiger partial charge >= 0.3 is 17.6 Å². The van der Waals surface area contributed by atoms with Crippen molar-refractivity contribution in [1.82, 2.24) is 4.98 Å². The minimum Gasteiger partial charge on any atom is -0.497 e. The van der Waals surface area contributed by atoms with E-state index in [4.69, 9.17) is 14.2 Å². The van der Waals surface area contributed by atoms with E-state index >= 15 is 0 Å². The fraction of sp³-hybridized carbons (Fsp3) is 0.278. The van der Waals surface area contributed by atoms with E-state index < -0.39 is 39.2 Å². The number of aromatic nitrogens is 1. The number of pyridine rings is 1. The summed E-state index contributed by atoms with van der Waals surface area (Å²) in [7, 11) is 1.45. The van der Waals surface area contributed by atoms with Gasteiger partial charge in [-0.3, -0.25) is 14.9 Å². The summed E-state index contributed by atoms with van der Waals surface area (Å²) in [5.41, 5.74) is -3.28. The second-order valence-electron chi connectivity index (χ2n) is 5.35. The Morgan fingerprint density at radius 2 is 1.57 bits per heavy atom. The molecule has 1 aromatic carbocycles. The van der Waals surface area contributed by atoms with Crippen LogP contribution < -0.4 is 10.3 Å². The first-order chi connectivity index (χ1) is 13.3. The van der Waals surface area contributed by atoms with Gasteiger partial charge in [-0.2, -0.15) is 0 Å². The number of carbonyl (C=O) groups is 2. The number of H-pyrrole nitrogens is 1. The number of hydrogen-bond donors (Lipinski definition) is 1. The molecule has 0 bridgehead atoms. The van der Waals surface area contributed by atoms with Crippen LogP contribution in [0.4, 0.5) is 5.69 Å². The first kappa shape index (κ1) is 20.6. The molecule has 2 rings (SSSR count). The first-order valence-corrected chi connectivity index (χ1v) is 8.28. The Labute approximate surface area is 159 Å². The van der Waals surface area contributed by atoms with E-state index in [1.165, 1.54) is 45.2 Å². The molecule has 0 amide bonds. The van der Waals surface area contributed by atoms with Crippen molar-refractivity contribution in [3.8, 4) is 17.0 Å². The molecule has 1 aromatic heterocycles. The normalized spacial score (nSPS) is 10.2.